The minimum atomic E-state index is -0.550. The summed E-state index contributed by atoms with van der Waals surface area (Å²) in [6, 6.07) is 17.4. The molecule has 0 aliphatic heterocycles. The third-order valence-electron chi connectivity index (χ3n) is 4.25. The van der Waals surface area contributed by atoms with E-state index in [1.54, 1.807) is 12.1 Å². The molecule has 0 amide bonds. The molecule has 4 heteroatoms. The van der Waals surface area contributed by atoms with E-state index in [4.69, 9.17) is 0 Å². The molecular weight excluding hydrogens is 372 g/mol. The Bertz CT molecular complexity index is 1100. The number of benzene rings is 3. The van der Waals surface area contributed by atoms with Gasteiger partial charge in [-0.25, -0.2) is 8.78 Å². The summed E-state index contributed by atoms with van der Waals surface area (Å²) in [5.41, 5.74) is 3.79. The number of rotatable bonds is 4. The largest absolute Gasteiger partial charge is 0.206 e. The standard InChI is InChI=1S/C24H17F2NS/c1-2-3-17-4-8-19(9-5-17)21-12-11-20(22(25)15-21)10-6-18-7-13-24(27-16-28)23(26)14-18/h4-5,7-9,11-15H,2-3H2,1H3. The van der Waals surface area contributed by atoms with Crippen LogP contribution in [-0.4, -0.2) is 5.16 Å². The fourth-order valence-electron chi connectivity index (χ4n) is 2.81. The average Bonchev–Trinajstić information content (AvgIpc) is 2.70. The van der Waals surface area contributed by atoms with E-state index in [2.05, 4.69) is 53.3 Å². The Morgan fingerprint density at radius 2 is 1.61 bits per heavy atom. The van der Waals surface area contributed by atoms with Crippen molar-refractivity contribution in [3.63, 3.8) is 0 Å². The molecule has 0 saturated heterocycles. The second-order valence-electron chi connectivity index (χ2n) is 6.26. The fraction of sp³-hybridized carbons (Fsp3) is 0.125. The van der Waals surface area contributed by atoms with Crippen LogP contribution in [0.5, 0.6) is 0 Å². The van der Waals surface area contributed by atoms with Crippen LogP contribution in [0.4, 0.5) is 14.5 Å². The molecule has 28 heavy (non-hydrogen) atoms. The van der Waals surface area contributed by atoms with Crippen molar-refractivity contribution in [2.24, 2.45) is 4.99 Å². The number of isothiocyanates is 1. The highest BCUT2D eigenvalue weighted by atomic mass is 32.1. The summed E-state index contributed by atoms with van der Waals surface area (Å²) >= 11 is 4.47. The second kappa shape index (κ2) is 9.19. The maximum atomic E-state index is 14.5. The first kappa shape index (κ1) is 19.6. The summed E-state index contributed by atoms with van der Waals surface area (Å²) in [4.78, 5) is 3.62. The van der Waals surface area contributed by atoms with Crippen molar-refractivity contribution in [2.75, 3.05) is 0 Å². The van der Waals surface area contributed by atoms with E-state index >= 15 is 0 Å². The van der Waals surface area contributed by atoms with Gasteiger partial charge < -0.3 is 0 Å². The van der Waals surface area contributed by atoms with Crippen LogP contribution in [0, 0.1) is 23.5 Å². The fourth-order valence-corrected chi connectivity index (χ4v) is 2.91. The van der Waals surface area contributed by atoms with Crippen LogP contribution in [0.3, 0.4) is 0 Å². The number of hydrogen-bond donors (Lipinski definition) is 0. The smallest absolute Gasteiger partial charge is 0.150 e. The zero-order valence-corrected chi connectivity index (χ0v) is 16.1. The number of thiocarbonyl (C=S) groups is 1. The van der Waals surface area contributed by atoms with Gasteiger partial charge in [0.15, 0.2) is 5.82 Å². The molecule has 3 aromatic rings. The van der Waals surface area contributed by atoms with Gasteiger partial charge in [-0.15, -0.1) is 0 Å². The Hall–Kier alpha value is -3.12. The third kappa shape index (κ3) is 4.78. The van der Waals surface area contributed by atoms with Gasteiger partial charge in [0.05, 0.1) is 10.7 Å². The molecule has 0 unspecified atom stereocenters. The lowest BCUT2D eigenvalue weighted by molar-refractivity contribution is 0.625. The van der Waals surface area contributed by atoms with E-state index in [-0.39, 0.29) is 11.3 Å². The van der Waals surface area contributed by atoms with Crippen LogP contribution in [0.15, 0.2) is 65.7 Å². The SMILES string of the molecule is CCCc1ccc(-c2ccc(C#Cc3ccc(N=C=S)c(F)c3)c(F)c2)cc1. The van der Waals surface area contributed by atoms with Crippen LogP contribution in [0.2, 0.25) is 0 Å². The van der Waals surface area contributed by atoms with Gasteiger partial charge in [-0.1, -0.05) is 55.5 Å². The summed E-state index contributed by atoms with van der Waals surface area (Å²) in [6.07, 6.45) is 2.12. The normalized spacial score (nSPS) is 9.96. The Kier molecular flexibility index (Phi) is 6.45. The summed E-state index contributed by atoms with van der Waals surface area (Å²) in [5.74, 6) is 4.57. The van der Waals surface area contributed by atoms with Crippen molar-refractivity contribution >= 4 is 23.1 Å². The molecule has 1 nitrogen and oxygen atoms in total. The van der Waals surface area contributed by atoms with Crippen LogP contribution in [0.1, 0.15) is 30.0 Å². The summed E-state index contributed by atoms with van der Waals surface area (Å²) in [7, 11) is 0. The predicted molar refractivity (Wildman–Crippen MR) is 113 cm³/mol. The summed E-state index contributed by atoms with van der Waals surface area (Å²) in [5, 5.41) is 2.12. The molecule has 0 atom stereocenters. The van der Waals surface area contributed by atoms with Crippen molar-refractivity contribution in [2.45, 2.75) is 19.8 Å². The van der Waals surface area contributed by atoms with Crippen molar-refractivity contribution in [3.8, 4) is 23.0 Å². The number of halogens is 2. The first-order valence-corrected chi connectivity index (χ1v) is 9.30. The van der Waals surface area contributed by atoms with Crippen LogP contribution >= 0.6 is 12.2 Å². The quantitative estimate of drug-likeness (QED) is 0.274. The van der Waals surface area contributed by atoms with Crippen LogP contribution in [0.25, 0.3) is 11.1 Å². The Morgan fingerprint density at radius 3 is 2.25 bits per heavy atom. The van der Waals surface area contributed by atoms with Gasteiger partial charge in [0.25, 0.3) is 0 Å². The zero-order chi connectivity index (χ0) is 19.9. The molecule has 0 heterocycles. The first-order valence-electron chi connectivity index (χ1n) is 8.89. The number of hydrogen-bond acceptors (Lipinski definition) is 2. The molecule has 138 valence electrons. The van der Waals surface area contributed by atoms with Crippen molar-refractivity contribution in [1.29, 1.82) is 0 Å². The van der Waals surface area contributed by atoms with Crippen molar-refractivity contribution < 1.29 is 8.78 Å². The van der Waals surface area contributed by atoms with Gasteiger partial charge in [0.2, 0.25) is 0 Å². The van der Waals surface area contributed by atoms with E-state index in [9.17, 15) is 8.78 Å². The van der Waals surface area contributed by atoms with Gasteiger partial charge in [-0.05, 0) is 65.7 Å². The van der Waals surface area contributed by atoms with Crippen molar-refractivity contribution in [1.82, 2.24) is 0 Å². The van der Waals surface area contributed by atoms with E-state index in [0.29, 0.717) is 5.56 Å². The first-order chi connectivity index (χ1) is 13.6. The third-order valence-corrected chi connectivity index (χ3v) is 4.34. The average molecular weight is 389 g/mol. The minimum Gasteiger partial charge on any atom is -0.206 e. The number of aryl methyl sites for hydroxylation is 1. The molecule has 0 aromatic heterocycles. The molecular formula is C24H17F2NS. The highest BCUT2D eigenvalue weighted by molar-refractivity contribution is 7.78. The van der Waals surface area contributed by atoms with E-state index in [1.807, 2.05) is 18.2 Å². The molecule has 0 bridgehead atoms. The Balaban J connectivity index is 1.83. The Labute approximate surface area is 168 Å². The summed E-state index contributed by atoms with van der Waals surface area (Å²) in [6.45, 7) is 2.14. The lowest BCUT2D eigenvalue weighted by atomic mass is 10.0. The van der Waals surface area contributed by atoms with Gasteiger partial charge in [-0.3, -0.25) is 0 Å². The minimum absolute atomic E-state index is 0.0982. The lowest BCUT2D eigenvalue weighted by Crippen LogP contribution is -1.88. The highest BCUT2D eigenvalue weighted by Gasteiger charge is 2.05. The zero-order valence-electron chi connectivity index (χ0n) is 15.3. The maximum absolute atomic E-state index is 14.5. The number of aliphatic imine (C=N–C) groups is 1. The van der Waals surface area contributed by atoms with E-state index < -0.39 is 11.6 Å². The van der Waals surface area contributed by atoms with Crippen molar-refractivity contribution in [3.05, 3.63) is 89.0 Å². The van der Waals surface area contributed by atoms with E-state index in [1.165, 1.54) is 23.8 Å². The highest BCUT2D eigenvalue weighted by Crippen LogP contribution is 2.23. The lowest BCUT2D eigenvalue weighted by Gasteiger charge is -2.05. The topological polar surface area (TPSA) is 12.4 Å². The maximum Gasteiger partial charge on any atom is 0.150 e. The van der Waals surface area contributed by atoms with Gasteiger partial charge in [-0.2, -0.15) is 4.99 Å². The van der Waals surface area contributed by atoms with Crippen LogP contribution in [-0.2, 0) is 6.42 Å². The molecule has 3 rings (SSSR count). The molecule has 0 radical (unpaired) electrons. The Morgan fingerprint density at radius 1 is 0.857 bits per heavy atom. The molecule has 0 saturated carbocycles. The molecule has 0 N–H and O–H groups in total. The van der Waals surface area contributed by atoms with Crippen LogP contribution < -0.4 is 0 Å². The molecule has 0 aliphatic carbocycles. The molecule has 3 aromatic carbocycles. The monoisotopic (exact) mass is 389 g/mol. The molecule has 0 fully saturated rings. The number of nitrogens with zero attached hydrogens (tertiary/aromatic N) is 1. The molecule has 0 aliphatic rings. The van der Waals surface area contributed by atoms with E-state index in [0.717, 1.165) is 24.0 Å². The molecule has 0 spiro atoms. The summed E-state index contributed by atoms with van der Waals surface area (Å²) < 4.78 is 28.3. The predicted octanol–water partition coefficient (Wildman–Crippen LogP) is 6.72. The van der Waals surface area contributed by atoms with Gasteiger partial charge in [0.1, 0.15) is 11.5 Å². The second-order valence-corrected chi connectivity index (χ2v) is 6.44. The van der Waals surface area contributed by atoms with Gasteiger partial charge in [0, 0.05) is 5.56 Å². The van der Waals surface area contributed by atoms with Gasteiger partial charge >= 0.3 is 0 Å².